The Morgan fingerprint density at radius 1 is 0.784 bits per heavy atom. The van der Waals surface area contributed by atoms with Crippen LogP contribution in [0.25, 0.3) is 39.6 Å². The molecular weight excluding hydrogens is 478 g/mol. The Labute approximate surface area is 219 Å². The molecule has 4 aromatic carbocycles. The zero-order chi connectivity index (χ0) is 25.4. The number of hydrogen-bond donors (Lipinski definition) is 0. The predicted octanol–water partition coefficient (Wildman–Crippen LogP) is 7.52. The van der Waals surface area contributed by atoms with Crippen molar-refractivity contribution in [3.63, 3.8) is 0 Å². The molecule has 5 heteroatoms. The van der Waals surface area contributed by atoms with Gasteiger partial charge in [0.05, 0.1) is 16.6 Å². The molecule has 180 valence electrons. The molecule has 0 spiro atoms. The highest BCUT2D eigenvalue weighted by molar-refractivity contribution is 6.30. The number of halogens is 1. The van der Waals surface area contributed by atoms with Crippen molar-refractivity contribution in [1.82, 2.24) is 14.1 Å². The van der Waals surface area contributed by atoms with Gasteiger partial charge in [-0.3, -0.25) is 9.36 Å². The van der Waals surface area contributed by atoms with Crippen molar-refractivity contribution in [2.75, 3.05) is 0 Å². The average Bonchev–Trinajstić information content (AvgIpc) is 3.19. The van der Waals surface area contributed by atoms with Crippen LogP contribution < -0.4 is 5.56 Å². The van der Waals surface area contributed by atoms with Crippen molar-refractivity contribution in [2.24, 2.45) is 0 Å². The van der Waals surface area contributed by atoms with Crippen molar-refractivity contribution >= 4 is 45.6 Å². The van der Waals surface area contributed by atoms with Crippen molar-refractivity contribution in [3.05, 3.63) is 141 Å². The fourth-order valence-corrected chi connectivity index (χ4v) is 5.02. The van der Waals surface area contributed by atoms with E-state index in [4.69, 9.17) is 16.6 Å². The molecule has 0 aliphatic heterocycles. The highest BCUT2D eigenvalue weighted by Crippen LogP contribution is 2.29. The van der Waals surface area contributed by atoms with E-state index >= 15 is 0 Å². The van der Waals surface area contributed by atoms with E-state index in [1.807, 2.05) is 48.5 Å². The summed E-state index contributed by atoms with van der Waals surface area (Å²) in [5.74, 6) is 0.560. The molecule has 0 saturated carbocycles. The molecule has 6 aromatic rings. The van der Waals surface area contributed by atoms with E-state index < -0.39 is 0 Å². The number of rotatable bonds is 5. The molecule has 37 heavy (non-hydrogen) atoms. The first kappa shape index (κ1) is 23.0. The average molecular weight is 502 g/mol. The molecule has 0 saturated heterocycles. The van der Waals surface area contributed by atoms with Gasteiger partial charge in [-0.25, -0.2) is 4.98 Å². The van der Waals surface area contributed by atoms with Crippen LogP contribution in [0.5, 0.6) is 0 Å². The minimum atomic E-state index is -0.115. The predicted molar refractivity (Wildman–Crippen MR) is 153 cm³/mol. The van der Waals surface area contributed by atoms with Crippen LogP contribution in [0.2, 0.25) is 5.02 Å². The molecule has 0 unspecified atom stereocenters. The summed E-state index contributed by atoms with van der Waals surface area (Å²) in [5, 5.41) is 2.35. The van der Waals surface area contributed by atoms with Gasteiger partial charge in [0, 0.05) is 33.7 Å². The second-order valence-electron chi connectivity index (χ2n) is 9.03. The largest absolute Gasteiger partial charge is 0.340 e. The molecule has 0 amide bonds. The van der Waals surface area contributed by atoms with Crippen LogP contribution in [-0.4, -0.2) is 14.1 Å². The third kappa shape index (κ3) is 4.26. The normalized spacial score (nSPS) is 11.6. The molecule has 2 heterocycles. The smallest absolute Gasteiger partial charge is 0.266 e. The van der Waals surface area contributed by atoms with Crippen LogP contribution in [0, 0.1) is 6.92 Å². The summed E-state index contributed by atoms with van der Waals surface area (Å²) < 4.78 is 3.98. The summed E-state index contributed by atoms with van der Waals surface area (Å²) in [6.45, 7) is 2.92. The van der Waals surface area contributed by atoms with E-state index in [0.717, 1.165) is 28.9 Å². The van der Waals surface area contributed by atoms with E-state index in [9.17, 15) is 4.79 Å². The van der Waals surface area contributed by atoms with Crippen molar-refractivity contribution in [3.8, 4) is 5.69 Å². The first-order valence-corrected chi connectivity index (χ1v) is 12.6. The van der Waals surface area contributed by atoms with Gasteiger partial charge < -0.3 is 4.57 Å². The zero-order valence-corrected chi connectivity index (χ0v) is 21.1. The monoisotopic (exact) mass is 501 g/mol. The zero-order valence-electron chi connectivity index (χ0n) is 20.3. The van der Waals surface area contributed by atoms with Gasteiger partial charge in [0.25, 0.3) is 5.56 Å². The van der Waals surface area contributed by atoms with Crippen LogP contribution in [0.4, 0.5) is 0 Å². The number of hydrogen-bond acceptors (Lipinski definition) is 2. The highest BCUT2D eigenvalue weighted by Gasteiger charge is 2.14. The van der Waals surface area contributed by atoms with Crippen molar-refractivity contribution in [1.29, 1.82) is 0 Å². The molecule has 0 radical (unpaired) electrons. The summed E-state index contributed by atoms with van der Waals surface area (Å²) in [6.07, 6.45) is 4.01. The molecule has 0 fully saturated rings. The molecule has 0 aliphatic carbocycles. The van der Waals surface area contributed by atoms with Gasteiger partial charge in [0.15, 0.2) is 0 Å². The Morgan fingerprint density at radius 3 is 2.24 bits per heavy atom. The van der Waals surface area contributed by atoms with Gasteiger partial charge in [-0.05, 0) is 67.1 Å². The number of fused-ring (bicyclic) bond motifs is 2. The summed E-state index contributed by atoms with van der Waals surface area (Å²) in [7, 11) is 0. The van der Waals surface area contributed by atoms with E-state index in [1.54, 1.807) is 16.7 Å². The summed E-state index contributed by atoms with van der Waals surface area (Å²) >= 11 is 6.13. The van der Waals surface area contributed by atoms with E-state index in [2.05, 4.69) is 66.1 Å². The third-order valence-electron chi connectivity index (χ3n) is 6.75. The lowest BCUT2D eigenvalue weighted by Crippen LogP contribution is -2.22. The molecule has 4 nitrogen and oxygen atoms in total. The summed E-state index contributed by atoms with van der Waals surface area (Å²) in [4.78, 5) is 18.5. The van der Waals surface area contributed by atoms with E-state index in [0.29, 0.717) is 21.7 Å². The standard InChI is InChI=1S/C32H24ClN3O/c1-22-26(27-11-6-8-14-30(27)35(22)21-23-9-3-2-4-10-23)19-20-31-34-29-13-7-5-12-28(29)32(37)36(31)25-17-15-24(33)16-18-25/h2-20H,21H2,1H3. The third-order valence-corrected chi connectivity index (χ3v) is 7.00. The molecule has 0 aliphatic rings. The number of benzene rings is 4. The first-order valence-electron chi connectivity index (χ1n) is 12.2. The minimum absolute atomic E-state index is 0.115. The maximum atomic E-state index is 13.6. The van der Waals surface area contributed by atoms with Crippen LogP contribution in [0.15, 0.2) is 108 Å². The van der Waals surface area contributed by atoms with Crippen LogP contribution in [-0.2, 0) is 6.54 Å². The lowest BCUT2D eigenvalue weighted by Gasteiger charge is -2.11. The van der Waals surface area contributed by atoms with Gasteiger partial charge in [-0.1, -0.05) is 72.3 Å². The van der Waals surface area contributed by atoms with Crippen LogP contribution in [0.1, 0.15) is 22.6 Å². The van der Waals surface area contributed by atoms with Gasteiger partial charge in [-0.15, -0.1) is 0 Å². The number of aromatic nitrogens is 3. The SMILES string of the molecule is Cc1c(C=Cc2nc3ccccc3c(=O)n2-c2ccc(Cl)cc2)c2ccccc2n1Cc1ccccc1. The van der Waals surface area contributed by atoms with Crippen molar-refractivity contribution < 1.29 is 0 Å². The summed E-state index contributed by atoms with van der Waals surface area (Å²) in [6, 6.07) is 33.6. The second-order valence-corrected chi connectivity index (χ2v) is 9.46. The molecule has 0 atom stereocenters. The highest BCUT2D eigenvalue weighted by atomic mass is 35.5. The minimum Gasteiger partial charge on any atom is -0.340 e. The molecule has 2 aromatic heterocycles. The topological polar surface area (TPSA) is 39.8 Å². The fraction of sp³-hybridized carbons (Fsp3) is 0.0625. The number of nitrogens with zero attached hydrogens (tertiary/aromatic N) is 3. The maximum absolute atomic E-state index is 13.6. The Morgan fingerprint density at radius 2 is 1.46 bits per heavy atom. The quantitative estimate of drug-likeness (QED) is 0.245. The van der Waals surface area contributed by atoms with Crippen LogP contribution >= 0.6 is 11.6 Å². The van der Waals surface area contributed by atoms with Gasteiger partial charge >= 0.3 is 0 Å². The molecule has 0 N–H and O–H groups in total. The van der Waals surface area contributed by atoms with Gasteiger partial charge in [0.2, 0.25) is 0 Å². The van der Waals surface area contributed by atoms with Crippen LogP contribution in [0.3, 0.4) is 0 Å². The van der Waals surface area contributed by atoms with Crippen molar-refractivity contribution in [2.45, 2.75) is 13.5 Å². The van der Waals surface area contributed by atoms with Gasteiger partial charge in [-0.2, -0.15) is 0 Å². The van der Waals surface area contributed by atoms with E-state index in [-0.39, 0.29) is 5.56 Å². The second kappa shape index (κ2) is 9.57. The maximum Gasteiger partial charge on any atom is 0.266 e. The first-order chi connectivity index (χ1) is 18.1. The molecular formula is C32H24ClN3O. The number of para-hydroxylation sites is 2. The molecule has 0 bridgehead atoms. The van der Waals surface area contributed by atoms with Gasteiger partial charge in [0.1, 0.15) is 5.82 Å². The Kier molecular flexibility index (Phi) is 5.95. The lowest BCUT2D eigenvalue weighted by molar-refractivity contribution is 0.804. The Bertz CT molecular complexity index is 1830. The lowest BCUT2D eigenvalue weighted by atomic mass is 10.1. The Hall–Kier alpha value is -4.41. The fourth-order valence-electron chi connectivity index (χ4n) is 4.90. The van der Waals surface area contributed by atoms with E-state index in [1.165, 1.54) is 11.1 Å². The molecule has 6 rings (SSSR count). The summed E-state index contributed by atoms with van der Waals surface area (Å²) in [5.41, 5.74) is 5.95. The Balaban J connectivity index is 1.52.